The zero-order valence-electron chi connectivity index (χ0n) is 22.5. The van der Waals surface area contributed by atoms with Gasteiger partial charge in [-0.15, -0.1) is 0 Å². The van der Waals surface area contributed by atoms with Crippen LogP contribution in [0.2, 0.25) is 0 Å². The standard InChI is InChI=1S/C31H32O10/c1-17(2)3-8-22-21(9-4-18-5-10-23(32)25(34)13-18)20(16-27(36)30(22)38)7-12-29(37)41-28(31(39)40)15-19-6-11-24(33)26(35)14-19/h4-7,9-14,16-17,28,32-36,38H,3,8,15H2,1-2H3,(H,39,40)/t28-/m1/s1. The average molecular weight is 565 g/mol. The van der Waals surface area contributed by atoms with Gasteiger partial charge in [-0.05, 0) is 77.4 Å². The van der Waals surface area contributed by atoms with E-state index in [1.54, 1.807) is 18.2 Å². The van der Waals surface area contributed by atoms with E-state index in [0.29, 0.717) is 40.7 Å². The van der Waals surface area contributed by atoms with Crippen molar-refractivity contribution in [2.45, 2.75) is 39.2 Å². The number of esters is 1. The Labute approximate surface area is 236 Å². The Kier molecular flexibility index (Phi) is 9.86. The highest BCUT2D eigenvalue weighted by Gasteiger charge is 2.23. The minimum Gasteiger partial charge on any atom is -0.504 e. The number of ether oxygens (including phenoxy) is 1. The van der Waals surface area contributed by atoms with Crippen LogP contribution in [-0.2, 0) is 27.2 Å². The fraction of sp³-hybridized carbons (Fsp3) is 0.226. The van der Waals surface area contributed by atoms with Crippen molar-refractivity contribution in [1.29, 1.82) is 0 Å². The summed E-state index contributed by atoms with van der Waals surface area (Å²) in [6, 6.07) is 9.21. The van der Waals surface area contributed by atoms with E-state index in [2.05, 4.69) is 0 Å². The van der Waals surface area contributed by atoms with Gasteiger partial charge in [-0.2, -0.15) is 0 Å². The molecule has 1 atom stereocenters. The molecule has 0 aliphatic carbocycles. The summed E-state index contributed by atoms with van der Waals surface area (Å²) >= 11 is 0. The van der Waals surface area contributed by atoms with Crippen molar-refractivity contribution in [2.24, 2.45) is 5.92 Å². The number of carbonyl (C=O) groups is 2. The molecular weight excluding hydrogens is 532 g/mol. The minimum absolute atomic E-state index is 0.268. The predicted molar refractivity (Wildman–Crippen MR) is 152 cm³/mol. The second kappa shape index (κ2) is 13.3. The number of hydrogen-bond acceptors (Lipinski definition) is 9. The molecule has 41 heavy (non-hydrogen) atoms. The Morgan fingerprint density at radius 3 is 2.07 bits per heavy atom. The number of aliphatic carboxylic acids is 1. The average Bonchev–Trinajstić information content (AvgIpc) is 2.91. The summed E-state index contributed by atoms with van der Waals surface area (Å²) < 4.78 is 5.11. The molecule has 3 aromatic carbocycles. The van der Waals surface area contributed by atoms with Crippen molar-refractivity contribution in [2.75, 3.05) is 0 Å². The zero-order chi connectivity index (χ0) is 30.3. The zero-order valence-corrected chi connectivity index (χ0v) is 22.5. The molecule has 0 fully saturated rings. The smallest absolute Gasteiger partial charge is 0.345 e. The molecule has 3 rings (SSSR count). The van der Waals surface area contributed by atoms with Crippen LogP contribution >= 0.6 is 0 Å². The van der Waals surface area contributed by atoms with Gasteiger partial charge in [-0.25, -0.2) is 9.59 Å². The number of carbonyl (C=O) groups excluding carboxylic acids is 1. The lowest BCUT2D eigenvalue weighted by atomic mass is 9.92. The largest absolute Gasteiger partial charge is 0.504 e. The topological polar surface area (TPSA) is 185 Å². The molecular formula is C31H32O10. The van der Waals surface area contributed by atoms with E-state index < -0.39 is 29.5 Å². The van der Waals surface area contributed by atoms with E-state index in [0.717, 1.165) is 6.08 Å². The highest BCUT2D eigenvalue weighted by atomic mass is 16.6. The number of carboxylic acids is 1. The predicted octanol–water partition coefficient (Wildman–Crippen LogP) is 4.93. The van der Waals surface area contributed by atoms with Gasteiger partial charge >= 0.3 is 11.9 Å². The summed E-state index contributed by atoms with van der Waals surface area (Å²) in [4.78, 5) is 24.3. The van der Waals surface area contributed by atoms with Gasteiger partial charge < -0.3 is 40.5 Å². The number of carboxylic acid groups (broad SMARTS) is 1. The Morgan fingerprint density at radius 1 is 0.805 bits per heavy atom. The monoisotopic (exact) mass is 564 g/mol. The lowest BCUT2D eigenvalue weighted by Crippen LogP contribution is -2.28. The van der Waals surface area contributed by atoms with Crippen LogP contribution in [0.4, 0.5) is 0 Å². The van der Waals surface area contributed by atoms with Gasteiger partial charge in [0.05, 0.1) is 0 Å². The Morgan fingerprint density at radius 2 is 1.46 bits per heavy atom. The quantitative estimate of drug-likeness (QED) is 0.0729. The summed E-state index contributed by atoms with van der Waals surface area (Å²) in [7, 11) is 0. The maximum Gasteiger partial charge on any atom is 0.345 e. The van der Waals surface area contributed by atoms with Crippen LogP contribution in [0.5, 0.6) is 34.5 Å². The summed E-state index contributed by atoms with van der Waals surface area (Å²) in [5.74, 6) is -4.29. The van der Waals surface area contributed by atoms with Gasteiger partial charge in [-0.3, -0.25) is 0 Å². The summed E-state index contributed by atoms with van der Waals surface area (Å²) in [5.41, 5.74) is 2.05. The highest BCUT2D eigenvalue weighted by molar-refractivity contribution is 5.91. The Hall–Kier alpha value is -5.12. The lowest BCUT2D eigenvalue weighted by Gasteiger charge is -2.15. The SMILES string of the molecule is CC(C)CCc1c(O)c(O)cc(C=CC(=O)O[C@H](Cc2ccc(O)c(O)c2)C(=O)O)c1C=Cc1ccc(O)c(O)c1. The lowest BCUT2D eigenvalue weighted by molar-refractivity contribution is -0.160. The molecule has 0 aliphatic heterocycles. The molecule has 0 saturated heterocycles. The van der Waals surface area contributed by atoms with Crippen molar-refractivity contribution in [3.63, 3.8) is 0 Å². The first-order valence-corrected chi connectivity index (χ1v) is 12.8. The normalized spacial score (nSPS) is 12.3. The second-order valence-electron chi connectivity index (χ2n) is 9.86. The summed E-state index contributed by atoms with van der Waals surface area (Å²) in [6.07, 6.45) is 4.77. The number of rotatable bonds is 11. The van der Waals surface area contributed by atoms with Crippen molar-refractivity contribution in [3.8, 4) is 34.5 Å². The van der Waals surface area contributed by atoms with Crippen molar-refractivity contribution in [1.82, 2.24) is 0 Å². The molecule has 0 amide bonds. The second-order valence-corrected chi connectivity index (χ2v) is 9.86. The molecule has 0 spiro atoms. The molecule has 0 heterocycles. The van der Waals surface area contributed by atoms with Crippen LogP contribution in [0, 0.1) is 5.92 Å². The highest BCUT2D eigenvalue weighted by Crippen LogP contribution is 2.37. The molecule has 10 nitrogen and oxygen atoms in total. The molecule has 3 aromatic rings. The van der Waals surface area contributed by atoms with Gasteiger partial charge in [0.15, 0.2) is 34.5 Å². The first-order valence-electron chi connectivity index (χ1n) is 12.8. The first kappa shape index (κ1) is 30.4. The summed E-state index contributed by atoms with van der Waals surface area (Å²) in [6.45, 7) is 4.01. The van der Waals surface area contributed by atoms with Crippen LogP contribution in [0.25, 0.3) is 18.2 Å². The van der Waals surface area contributed by atoms with Crippen LogP contribution in [0.15, 0.2) is 48.5 Å². The number of phenolic OH excluding ortho intramolecular Hbond substituents is 6. The van der Waals surface area contributed by atoms with E-state index in [4.69, 9.17) is 4.74 Å². The third-order valence-electron chi connectivity index (χ3n) is 6.26. The number of phenols is 6. The molecule has 0 bridgehead atoms. The maximum absolute atomic E-state index is 12.6. The van der Waals surface area contributed by atoms with Gasteiger partial charge in [0, 0.05) is 18.1 Å². The number of aromatic hydroxyl groups is 6. The summed E-state index contributed by atoms with van der Waals surface area (Å²) in [5, 5.41) is 69.1. The van der Waals surface area contributed by atoms with E-state index in [-0.39, 0.29) is 35.3 Å². The van der Waals surface area contributed by atoms with Crippen LogP contribution in [0.3, 0.4) is 0 Å². The van der Waals surface area contributed by atoms with E-state index >= 15 is 0 Å². The van der Waals surface area contributed by atoms with Crippen LogP contribution in [-0.4, -0.2) is 53.8 Å². The van der Waals surface area contributed by atoms with Gasteiger partial charge in [0.2, 0.25) is 6.10 Å². The molecule has 0 aliphatic rings. The third kappa shape index (κ3) is 8.18. The van der Waals surface area contributed by atoms with E-state index in [9.17, 15) is 45.3 Å². The van der Waals surface area contributed by atoms with E-state index in [1.165, 1.54) is 42.5 Å². The number of hydrogen-bond donors (Lipinski definition) is 7. The van der Waals surface area contributed by atoms with E-state index in [1.807, 2.05) is 13.8 Å². The molecule has 0 unspecified atom stereocenters. The molecule has 216 valence electrons. The van der Waals surface area contributed by atoms with Crippen molar-refractivity contribution in [3.05, 3.63) is 76.4 Å². The molecule has 0 aromatic heterocycles. The van der Waals surface area contributed by atoms with Gasteiger partial charge in [-0.1, -0.05) is 38.1 Å². The Bertz CT molecular complexity index is 1490. The fourth-order valence-electron chi connectivity index (χ4n) is 4.02. The van der Waals surface area contributed by atoms with Crippen LogP contribution < -0.4 is 0 Å². The number of benzene rings is 3. The maximum atomic E-state index is 12.6. The first-order chi connectivity index (χ1) is 19.3. The van der Waals surface area contributed by atoms with Gasteiger partial charge in [0.25, 0.3) is 0 Å². The van der Waals surface area contributed by atoms with Crippen molar-refractivity contribution < 1.29 is 50.1 Å². The third-order valence-corrected chi connectivity index (χ3v) is 6.26. The Balaban J connectivity index is 1.93. The van der Waals surface area contributed by atoms with Crippen molar-refractivity contribution >= 4 is 30.2 Å². The molecule has 7 N–H and O–H groups in total. The molecule has 10 heteroatoms. The van der Waals surface area contributed by atoms with Crippen LogP contribution in [0.1, 0.15) is 48.1 Å². The minimum atomic E-state index is -1.59. The van der Waals surface area contributed by atoms with Gasteiger partial charge in [0.1, 0.15) is 0 Å². The molecule has 0 radical (unpaired) electrons. The fourth-order valence-corrected chi connectivity index (χ4v) is 4.02. The molecule has 0 saturated carbocycles.